The topological polar surface area (TPSA) is 122 Å². The molecule has 46 heavy (non-hydrogen) atoms. The van der Waals surface area contributed by atoms with Crippen LogP contribution in [0.3, 0.4) is 0 Å². The summed E-state index contributed by atoms with van der Waals surface area (Å²) in [7, 11) is 0. The molecule has 0 fully saturated rings. The number of amides is 2. The van der Waals surface area contributed by atoms with E-state index in [1.165, 1.54) is 32.9 Å². The maximum Gasteiger partial charge on any atom is 0.416 e. The Labute approximate surface area is 268 Å². The number of benzene rings is 3. The fourth-order valence-electron chi connectivity index (χ4n) is 3.70. The van der Waals surface area contributed by atoms with Gasteiger partial charge in [0.05, 0.1) is 32.9 Å². The van der Waals surface area contributed by atoms with E-state index in [1.54, 1.807) is 0 Å². The summed E-state index contributed by atoms with van der Waals surface area (Å²) in [4.78, 5) is 48.7. The minimum Gasteiger partial charge on any atom is -0.483 e. The predicted octanol–water partition coefficient (Wildman–Crippen LogP) is 6.51. The van der Waals surface area contributed by atoms with Crippen molar-refractivity contribution in [2.75, 3.05) is 11.9 Å². The third kappa shape index (κ3) is 9.42. The van der Waals surface area contributed by atoms with E-state index in [1.807, 2.05) is 0 Å². The number of nitrogens with one attached hydrogen (secondary N) is 2. The maximum atomic E-state index is 14.8. The molecule has 0 aliphatic heterocycles. The molecule has 3 aromatic carbocycles. The fourth-order valence-corrected chi connectivity index (χ4v) is 4.08. The number of carboxylic acid groups (broad SMARTS) is 1. The van der Waals surface area contributed by atoms with Crippen LogP contribution in [0.15, 0.2) is 48.5 Å². The van der Waals surface area contributed by atoms with E-state index in [0.717, 1.165) is 18.2 Å². The van der Waals surface area contributed by atoms with Crippen molar-refractivity contribution in [3.8, 4) is 17.6 Å². The van der Waals surface area contributed by atoms with Crippen LogP contribution in [0.1, 0.15) is 47.8 Å². The fraction of sp³-hybridized carbons (Fsp3) is 0.226. The molecular weight excluding hydrogens is 662 g/mol. The van der Waals surface area contributed by atoms with Crippen molar-refractivity contribution in [1.29, 1.82) is 0 Å². The van der Waals surface area contributed by atoms with Crippen LogP contribution in [0.2, 0.25) is 10.0 Å². The minimum atomic E-state index is -4.93. The van der Waals surface area contributed by atoms with Gasteiger partial charge in [-0.1, -0.05) is 35.0 Å². The molecule has 3 aromatic rings. The van der Waals surface area contributed by atoms with Gasteiger partial charge in [-0.25, -0.2) is 8.78 Å². The maximum absolute atomic E-state index is 14.8. The van der Waals surface area contributed by atoms with Crippen molar-refractivity contribution in [1.82, 2.24) is 5.32 Å². The molecule has 2 amide bonds. The van der Waals surface area contributed by atoms with Crippen molar-refractivity contribution in [2.45, 2.75) is 32.5 Å². The van der Waals surface area contributed by atoms with Gasteiger partial charge in [-0.15, -0.1) is 0 Å². The molecule has 0 aliphatic rings. The number of ether oxygens (including phenoxy) is 1. The zero-order chi connectivity index (χ0) is 34.6. The van der Waals surface area contributed by atoms with Crippen molar-refractivity contribution in [3.05, 3.63) is 92.5 Å². The quantitative estimate of drug-likeness (QED) is 0.102. The molecule has 0 spiro atoms. The summed E-state index contributed by atoms with van der Waals surface area (Å²) in [6, 6.07) is 6.80. The SMILES string of the molecule is CC(C(=O)O)C(=O)NC(C)(C)C#Cc1cc(Cl)c(NC(=O)COc2ccc(Cl)cc2C(=O)c2cc(F)cc(C(F)(F)F)c2)cc1F. The number of carbonyl (C=O) groups is 4. The Morgan fingerprint density at radius 3 is 2.30 bits per heavy atom. The van der Waals surface area contributed by atoms with Gasteiger partial charge in [-0.2, -0.15) is 13.2 Å². The third-order valence-corrected chi connectivity index (χ3v) is 6.62. The first-order valence-electron chi connectivity index (χ1n) is 13.0. The lowest BCUT2D eigenvalue weighted by molar-refractivity contribution is -0.146. The smallest absolute Gasteiger partial charge is 0.416 e. The van der Waals surface area contributed by atoms with Crippen LogP contribution in [-0.4, -0.2) is 40.8 Å². The van der Waals surface area contributed by atoms with Crippen molar-refractivity contribution in [3.63, 3.8) is 0 Å². The molecule has 3 rings (SSSR count). The molecule has 1 atom stereocenters. The summed E-state index contributed by atoms with van der Waals surface area (Å²) >= 11 is 12.1. The average molecular weight is 685 g/mol. The van der Waals surface area contributed by atoms with Crippen molar-refractivity contribution >= 4 is 52.5 Å². The van der Waals surface area contributed by atoms with Gasteiger partial charge in [-0.05, 0) is 63.2 Å². The molecule has 0 bridgehead atoms. The number of rotatable bonds is 9. The molecule has 0 aliphatic carbocycles. The summed E-state index contributed by atoms with van der Waals surface area (Å²) in [6.07, 6.45) is -4.93. The standard InChI is InChI=1S/C31H23Cl2F5N2O6/c1-15(29(44)45)28(43)40-30(2,3)7-6-16-10-22(33)24(13-23(16)35)39-26(41)14-46-25-5-4-19(32)12-21(25)27(42)17-8-18(31(36,37)38)11-20(34)9-17/h4-5,8-13,15H,14H2,1-3H3,(H,39,41)(H,40,43)(H,44,45). The number of anilines is 1. The molecule has 1 unspecified atom stereocenters. The number of aliphatic carboxylic acids is 1. The highest BCUT2D eigenvalue weighted by Gasteiger charge is 2.32. The third-order valence-electron chi connectivity index (χ3n) is 6.07. The van der Waals surface area contributed by atoms with Gasteiger partial charge in [-0.3, -0.25) is 19.2 Å². The predicted molar refractivity (Wildman–Crippen MR) is 158 cm³/mol. The Kier molecular flexibility index (Phi) is 11.0. The lowest BCUT2D eigenvalue weighted by Crippen LogP contribution is -2.46. The number of carboxylic acids is 1. The highest BCUT2D eigenvalue weighted by atomic mass is 35.5. The molecule has 0 saturated carbocycles. The van der Waals surface area contributed by atoms with Crippen LogP contribution in [-0.2, 0) is 20.6 Å². The van der Waals surface area contributed by atoms with Gasteiger partial charge >= 0.3 is 12.1 Å². The van der Waals surface area contributed by atoms with Crippen LogP contribution in [0.5, 0.6) is 5.75 Å². The van der Waals surface area contributed by atoms with Gasteiger partial charge in [0.1, 0.15) is 23.3 Å². The molecule has 0 heterocycles. The van der Waals surface area contributed by atoms with E-state index in [2.05, 4.69) is 22.5 Å². The van der Waals surface area contributed by atoms with Gasteiger partial charge < -0.3 is 20.5 Å². The lowest BCUT2D eigenvalue weighted by Gasteiger charge is -2.21. The van der Waals surface area contributed by atoms with Crippen LogP contribution < -0.4 is 15.4 Å². The first kappa shape index (κ1) is 35.8. The van der Waals surface area contributed by atoms with E-state index >= 15 is 0 Å². The minimum absolute atomic E-state index is 0.00127. The summed E-state index contributed by atoms with van der Waals surface area (Å²) in [5.74, 6) is -2.78. The number of halogens is 7. The number of hydrogen-bond donors (Lipinski definition) is 3. The van der Waals surface area contributed by atoms with Crippen molar-refractivity contribution < 1.29 is 51.0 Å². The molecule has 8 nitrogen and oxygen atoms in total. The Bertz CT molecular complexity index is 1780. The monoisotopic (exact) mass is 684 g/mol. The Hall–Kier alpha value is -4.67. The summed E-state index contributed by atoms with van der Waals surface area (Å²) in [6.45, 7) is 3.35. The molecule has 0 radical (unpaired) electrons. The van der Waals surface area contributed by atoms with Gasteiger partial charge in [0.2, 0.25) is 5.91 Å². The van der Waals surface area contributed by atoms with Crippen LogP contribution in [0.25, 0.3) is 0 Å². The van der Waals surface area contributed by atoms with E-state index in [-0.39, 0.29) is 38.7 Å². The molecule has 0 saturated heterocycles. The lowest BCUT2D eigenvalue weighted by atomic mass is 10.00. The summed E-state index contributed by atoms with van der Waals surface area (Å²) < 4.78 is 73.6. The first-order chi connectivity index (χ1) is 21.3. The van der Waals surface area contributed by atoms with Crippen LogP contribution >= 0.6 is 23.2 Å². The van der Waals surface area contributed by atoms with Gasteiger partial charge in [0.15, 0.2) is 12.4 Å². The zero-order valence-corrected chi connectivity index (χ0v) is 25.5. The van der Waals surface area contributed by atoms with E-state index < -0.39 is 70.6 Å². The Morgan fingerprint density at radius 1 is 1.00 bits per heavy atom. The molecular formula is C31H23Cl2F5N2O6. The average Bonchev–Trinajstić information content (AvgIpc) is 2.95. The second-order valence-electron chi connectivity index (χ2n) is 10.3. The second kappa shape index (κ2) is 14.2. The first-order valence-corrected chi connectivity index (χ1v) is 13.7. The van der Waals surface area contributed by atoms with Crippen molar-refractivity contribution in [2.24, 2.45) is 5.92 Å². The zero-order valence-electron chi connectivity index (χ0n) is 24.0. The molecule has 3 N–H and O–H groups in total. The highest BCUT2D eigenvalue weighted by molar-refractivity contribution is 6.34. The molecule has 242 valence electrons. The molecule has 15 heteroatoms. The number of carbonyl (C=O) groups excluding carboxylic acids is 3. The Balaban J connectivity index is 1.75. The highest BCUT2D eigenvalue weighted by Crippen LogP contribution is 2.32. The Morgan fingerprint density at radius 2 is 1.67 bits per heavy atom. The number of alkyl halides is 3. The van der Waals surface area contributed by atoms with Crippen LogP contribution in [0.4, 0.5) is 27.6 Å². The summed E-state index contributed by atoms with van der Waals surface area (Å²) in [5, 5.41) is 13.6. The normalized spacial score (nSPS) is 12.0. The van der Waals surface area contributed by atoms with E-state index in [9.17, 15) is 41.1 Å². The molecule has 0 aromatic heterocycles. The van der Waals surface area contributed by atoms with Gasteiger partial charge in [0.25, 0.3) is 5.91 Å². The summed E-state index contributed by atoms with van der Waals surface area (Å²) in [5.41, 5.74) is -4.03. The number of ketones is 1. The van der Waals surface area contributed by atoms with Crippen LogP contribution in [0, 0.1) is 29.4 Å². The van der Waals surface area contributed by atoms with Gasteiger partial charge in [0, 0.05) is 16.7 Å². The number of hydrogen-bond acceptors (Lipinski definition) is 5. The second-order valence-corrected chi connectivity index (χ2v) is 11.1. The van der Waals surface area contributed by atoms with E-state index in [0.29, 0.717) is 12.1 Å². The van der Waals surface area contributed by atoms with E-state index in [4.69, 9.17) is 33.0 Å². The largest absolute Gasteiger partial charge is 0.483 e.